The van der Waals surface area contributed by atoms with Gasteiger partial charge in [0.15, 0.2) is 0 Å². The Bertz CT molecular complexity index is 1610. The summed E-state index contributed by atoms with van der Waals surface area (Å²) in [6, 6.07) is 33.4. The number of phenols is 1. The smallest absolute Gasteiger partial charge is 0.429 e. The fraction of sp³-hybridized carbons (Fsp3) is 0.243. The van der Waals surface area contributed by atoms with Crippen LogP contribution in [-0.2, 0) is 20.9 Å². The SMILES string of the molecule is O=C(CCNCc1ccccc1O)NN(C(=O)CCOC(=O)N(c1ccccc1-c1ccccc1)N1CC[CH]CC1)c1ccccc1. The lowest BCUT2D eigenvalue weighted by Gasteiger charge is -2.37. The van der Waals surface area contributed by atoms with Gasteiger partial charge < -0.3 is 15.2 Å². The van der Waals surface area contributed by atoms with E-state index >= 15 is 0 Å². The lowest BCUT2D eigenvalue weighted by molar-refractivity contribution is -0.126. The Hall–Kier alpha value is -5.19. The standard InChI is InChI=1S/C37H40N5O5/c43-34-21-11-8-16-30(34)28-38-24-22-35(44)39-41(31-17-6-2-7-18-31)36(45)23-27-47-37(46)42(40-25-12-3-13-26-40)33-20-10-9-19-32(33)29-14-4-1-5-15-29/h1-11,14-21,38,43H,12-13,22-28H2,(H,39,44). The third kappa shape index (κ3) is 9.18. The minimum Gasteiger partial charge on any atom is -0.508 e. The van der Waals surface area contributed by atoms with Gasteiger partial charge in [-0.25, -0.2) is 19.8 Å². The first-order chi connectivity index (χ1) is 23.0. The predicted octanol–water partition coefficient (Wildman–Crippen LogP) is 5.85. The molecule has 0 aromatic heterocycles. The molecule has 1 fully saturated rings. The predicted molar refractivity (Wildman–Crippen MR) is 182 cm³/mol. The molecule has 4 aromatic rings. The second-order valence-electron chi connectivity index (χ2n) is 11.0. The van der Waals surface area contributed by atoms with Gasteiger partial charge >= 0.3 is 6.09 Å². The summed E-state index contributed by atoms with van der Waals surface area (Å²) < 4.78 is 5.74. The molecule has 0 saturated carbocycles. The fourth-order valence-electron chi connectivity index (χ4n) is 5.34. The lowest BCUT2D eigenvalue weighted by Crippen LogP contribution is -2.50. The van der Waals surface area contributed by atoms with Crippen LogP contribution >= 0.6 is 0 Å². The monoisotopic (exact) mass is 634 g/mol. The number of phenolic OH excluding ortho intramolecular Hbond substituents is 1. The van der Waals surface area contributed by atoms with Crippen molar-refractivity contribution in [2.45, 2.75) is 32.2 Å². The number of hydrogen-bond acceptors (Lipinski definition) is 7. The zero-order chi connectivity index (χ0) is 32.8. The van der Waals surface area contributed by atoms with Gasteiger partial charge in [0.25, 0.3) is 0 Å². The average molecular weight is 635 g/mol. The number of piperidine rings is 1. The molecule has 47 heavy (non-hydrogen) atoms. The molecule has 5 rings (SSSR count). The largest absolute Gasteiger partial charge is 0.508 e. The Morgan fingerprint density at radius 3 is 2.19 bits per heavy atom. The van der Waals surface area contributed by atoms with Crippen LogP contribution in [0.15, 0.2) is 109 Å². The van der Waals surface area contributed by atoms with E-state index in [9.17, 15) is 19.5 Å². The van der Waals surface area contributed by atoms with Crippen molar-refractivity contribution in [2.75, 3.05) is 36.3 Å². The van der Waals surface area contributed by atoms with Gasteiger partial charge in [0.1, 0.15) is 12.4 Å². The molecule has 0 aliphatic carbocycles. The van der Waals surface area contributed by atoms with Gasteiger partial charge in [0.2, 0.25) is 11.8 Å². The van der Waals surface area contributed by atoms with Crippen LogP contribution < -0.4 is 20.8 Å². The molecule has 3 amide bonds. The summed E-state index contributed by atoms with van der Waals surface area (Å²) in [7, 11) is 0. The molecule has 1 heterocycles. The van der Waals surface area contributed by atoms with Gasteiger partial charge in [0.05, 0.1) is 17.8 Å². The van der Waals surface area contributed by atoms with Crippen LogP contribution in [0.3, 0.4) is 0 Å². The molecular formula is C37H40N5O5. The number of benzene rings is 4. The average Bonchev–Trinajstić information content (AvgIpc) is 3.11. The molecular weight excluding hydrogens is 594 g/mol. The van der Waals surface area contributed by atoms with E-state index in [0.29, 0.717) is 37.6 Å². The molecule has 1 saturated heterocycles. The Kier molecular flexibility index (Phi) is 12.0. The Morgan fingerprint density at radius 1 is 0.787 bits per heavy atom. The summed E-state index contributed by atoms with van der Waals surface area (Å²) in [6.07, 6.45) is 3.26. The van der Waals surface area contributed by atoms with Gasteiger partial charge in [0, 0.05) is 43.7 Å². The van der Waals surface area contributed by atoms with E-state index < -0.39 is 12.0 Å². The molecule has 0 bridgehead atoms. The Morgan fingerprint density at radius 2 is 1.45 bits per heavy atom. The summed E-state index contributed by atoms with van der Waals surface area (Å²) >= 11 is 0. The first-order valence-corrected chi connectivity index (χ1v) is 15.8. The summed E-state index contributed by atoms with van der Waals surface area (Å²) in [5, 5.41) is 17.8. The van der Waals surface area contributed by atoms with Crippen LogP contribution in [0.2, 0.25) is 0 Å². The Balaban J connectivity index is 1.22. The lowest BCUT2D eigenvalue weighted by atomic mass is 10.0. The highest BCUT2D eigenvalue weighted by molar-refractivity contribution is 5.97. The highest BCUT2D eigenvalue weighted by Gasteiger charge is 2.29. The minimum atomic E-state index is -0.575. The molecule has 1 radical (unpaired) electrons. The fourth-order valence-corrected chi connectivity index (χ4v) is 5.34. The Labute approximate surface area is 275 Å². The van der Waals surface area contributed by atoms with Crippen LogP contribution in [0.5, 0.6) is 5.75 Å². The van der Waals surface area contributed by atoms with Crippen LogP contribution in [0.4, 0.5) is 16.2 Å². The van der Waals surface area contributed by atoms with Gasteiger partial charge in [-0.05, 0) is 49.1 Å². The minimum absolute atomic E-state index is 0.0994. The summed E-state index contributed by atoms with van der Waals surface area (Å²) in [5.74, 6) is -0.609. The number of nitrogens with one attached hydrogen (secondary N) is 2. The van der Waals surface area contributed by atoms with Crippen LogP contribution in [-0.4, -0.2) is 54.3 Å². The highest BCUT2D eigenvalue weighted by atomic mass is 16.6. The maximum absolute atomic E-state index is 13.7. The number of nitrogens with zero attached hydrogens (tertiary/aromatic N) is 3. The molecule has 4 aromatic carbocycles. The van der Waals surface area contributed by atoms with Crippen molar-refractivity contribution in [3.8, 4) is 16.9 Å². The number of hydrazine groups is 2. The van der Waals surface area contributed by atoms with E-state index in [0.717, 1.165) is 29.5 Å². The number of para-hydroxylation sites is 3. The topological polar surface area (TPSA) is 114 Å². The van der Waals surface area contributed by atoms with Crippen molar-refractivity contribution in [2.24, 2.45) is 0 Å². The molecule has 0 unspecified atom stereocenters. The van der Waals surface area contributed by atoms with Crippen LogP contribution in [0, 0.1) is 6.42 Å². The molecule has 1 aliphatic rings. The quantitative estimate of drug-likeness (QED) is 0.132. The molecule has 10 heteroatoms. The molecule has 1 aliphatic heterocycles. The molecule has 243 valence electrons. The second-order valence-corrected chi connectivity index (χ2v) is 11.0. The molecule has 3 N–H and O–H groups in total. The number of hydrogen-bond donors (Lipinski definition) is 3. The van der Waals surface area contributed by atoms with E-state index in [4.69, 9.17) is 4.74 Å². The van der Waals surface area contributed by atoms with E-state index in [-0.39, 0.29) is 31.1 Å². The first kappa shape index (κ1) is 33.2. The summed E-state index contributed by atoms with van der Waals surface area (Å²) in [4.78, 5) is 40.0. The number of anilines is 2. The first-order valence-electron chi connectivity index (χ1n) is 15.8. The molecule has 10 nitrogen and oxygen atoms in total. The van der Waals surface area contributed by atoms with E-state index in [1.165, 1.54) is 5.01 Å². The summed E-state index contributed by atoms with van der Waals surface area (Å²) in [5.41, 5.74) is 6.48. The van der Waals surface area contributed by atoms with Gasteiger partial charge in [-0.1, -0.05) is 84.9 Å². The van der Waals surface area contributed by atoms with Gasteiger partial charge in [-0.15, -0.1) is 0 Å². The zero-order valence-electron chi connectivity index (χ0n) is 26.3. The number of amides is 3. The number of carbonyl (C=O) groups excluding carboxylic acids is 3. The number of rotatable bonds is 12. The van der Waals surface area contributed by atoms with Crippen LogP contribution in [0.1, 0.15) is 31.2 Å². The van der Waals surface area contributed by atoms with Crippen molar-refractivity contribution in [3.63, 3.8) is 0 Å². The number of ether oxygens (including phenoxy) is 1. The van der Waals surface area contributed by atoms with Crippen molar-refractivity contribution >= 4 is 29.3 Å². The van der Waals surface area contributed by atoms with Crippen molar-refractivity contribution in [1.82, 2.24) is 15.8 Å². The van der Waals surface area contributed by atoms with Gasteiger partial charge in [-0.3, -0.25) is 15.0 Å². The van der Waals surface area contributed by atoms with Crippen molar-refractivity contribution < 1.29 is 24.2 Å². The van der Waals surface area contributed by atoms with E-state index in [1.54, 1.807) is 47.5 Å². The zero-order valence-corrected chi connectivity index (χ0v) is 26.3. The third-order valence-electron chi connectivity index (χ3n) is 7.73. The molecule has 0 spiro atoms. The van der Waals surface area contributed by atoms with Crippen LogP contribution in [0.25, 0.3) is 11.1 Å². The van der Waals surface area contributed by atoms with E-state index in [1.807, 2.05) is 71.7 Å². The van der Waals surface area contributed by atoms with Gasteiger partial charge in [-0.2, -0.15) is 0 Å². The highest BCUT2D eigenvalue weighted by Crippen LogP contribution is 2.33. The van der Waals surface area contributed by atoms with E-state index in [2.05, 4.69) is 17.2 Å². The maximum Gasteiger partial charge on any atom is 0.429 e. The normalized spacial score (nSPS) is 13.0. The summed E-state index contributed by atoms with van der Waals surface area (Å²) in [6.45, 7) is 1.87. The maximum atomic E-state index is 13.7. The third-order valence-corrected chi connectivity index (χ3v) is 7.73. The number of aromatic hydroxyl groups is 1. The van der Waals surface area contributed by atoms with Crippen molar-refractivity contribution in [3.05, 3.63) is 121 Å². The second kappa shape index (κ2) is 16.9. The van der Waals surface area contributed by atoms with Crippen molar-refractivity contribution in [1.29, 1.82) is 0 Å². The number of carbonyl (C=O) groups is 3. The molecule has 0 atom stereocenters.